The van der Waals surface area contributed by atoms with Crippen molar-refractivity contribution in [1.82, 2.24) is 29.2 Å². The highest BCUT2D eigenvalue weighted by Gasteiger charge is 2.59. The molecule has 236 valence electrons. The van der Waals surface area contributed by atoms with Gasteiger partial charge in [0, 0.05) is 30.7 Å². The molecule has 0 unspecified atom stereocenters. The lowest BCUT2D eigenvalue weighted by Crippen LogP contribution is -2.46. The SMILES string of the molecule is C=CCn1c(=O)c2cnc(Nc3ccc(N4CCC5(CCN(C)CC5)CC4)cc3)nc2n1-c1cccc(C2(F)CC(F)(F)C2)n1. The van der Waals surface area contributed by atoms with Crippen molar-refractivity contribution in [2.24, 2.45) is 5.41 Å². The second-order valence-corrected chi connectivity index (χ2v) is 12.9. The zero-order valence-electron chi connectivity index (χ0n) is 25.4. The van der Waals surface area contributed by atoms with Gasteiger partial charge in [0.2, 0.25) is 5.95 Å². The summed E-state index contributed by atoms with van der Waals surface area (Å²) in [7, 11) is 2.21. The Morgan fingerprint density at radius 2 is 1.64 bits per heavy atom. The van der Waals surface area contributed by atoms with Gasteiger partial charge in [-0.05, 0) is 87.6 Å². The number of nitrogens with zero attached hydrogens (tertiary/aromatic N) is 7. The average Bonchev–Trinajstić information content (AvgIpc) is 3.29. The number of pyridine rings is 1. The number of hydrogen-bond acceptors (Lipinski definition) is 7. The van der Waals surface area contributed by atoms with Gasteiger partial charge in [0.1, 0.15) is 5.39 Å². The van der Waals surface area contributed by atoms with Crippen LogP contribution in [-0.2, 0) is 12.2 Å². The van der Waals surface area contributed by atoms with Crippen molar-refractivity contribution >= 4 is 28.4 Å². The van der Waals surface area contributed by atoms with Crippen LogP contribution in [0.3, 0.4) is 0 Å². The number of hydrogen-bond donors (Lipinski definition) is 1. The fourth-order valence-electron chi connectivity index (χ4n) is 7.07. The number of allylic oxidation sites excluding steroid dienone is 1. The molecule has 0 radical (unpaired) electrons. The molecule has 2 aliphatic heterocycles. The Morgan fingerprint density at radius 1 is 0.956 bits per heavy atom. The van der Waals surface area contributed by atoms with Crippen molar-refractivity contribution in [3.8, 4) is 5.82 Å². The van der Waals surface area contributed by atoms with Crippen LogP contribution in [0.2, 0.25) is 0 Å². The number of fused-ring (bicyclic) bond motifs is 1. The number of aromatic nitrogens is 5. The highest BCUT2D eigenvalue weighted by molar-refractivity contribution is 5.77. The van der Waals surface area contributed by atoms with Gasteiger partial charge in [-0.1, -0.05) is 12.1 Å². The topological polar surface area (TPSA) is 84.1 Å². The quantitative estimate of drug-likeness (QED) is 0.262. The summed E-state index contributed by atoms with van der Waals surface area (Å²) in [5.41, 5.74) is -0.00866. The third-order valence-corrected chi connectivity index (χ3v) is 9.83. The molecule has 9 nitrogen and oxygen atoms in total. The Morgan fingerprint density at radius 3 is 2.31 bits per heavy atom. The van der Waals surface area contributed by atoms with Crippen LogP contribution >= 0.6 is 0 Å². The molecule has 3 aromatic heterocycles. The maximum absolute atomic E-state index is 15.3. The molecular weight excluding hydrogens is 581 g/mol. The maximum Gasteiger partial charge on any atom is 0.278 e. The summed E-state index contributed by atoms with van der Waals surface area (Å²) in [5, 5.41) is 3.46. The Labute approximate surface area is 259 Å². The zero-order chi connectivity index (χ0) is 31.4. The Hall–Kier alpha value is -4.19. The van der Waals surface area contributed by atoms with Crippen LogP contribution in [0.15, 0.2) is 66.1 Å². The molecule has 45 heavy (non-hydrogen) atoms. The molecule has 5 heterocycles. The average molecular weight is 619 g/mol. The van der Waals surface area contributed by atoms with E-state index in [4.69, 9.17) is 0 Å². The minimum atomic E-state index is -3.06. The second-order valence-electron chi connectivity index (χ2n) is 12.9. The summed E-state index contributed by atoms with van der Waals surface area (Å²) in [5.74, 6) is -2.61. The third kappa shape index (κ3) is 5.49. The van der Waals surface area contributed by atoms with E-state index in [1.54, 1.807) is 18.2 Å². The van der Waals surface area contributed by atoms with Gasteiger partial charge in [-0.3, -0.25) is 4.79 Å². The fraction of sp³-hybridized carbons (Fsp3) is 0.455. The fourth-order valence-corrected chi connectivity index (χ4v) is 7.07. The van der Waals surface area contributed by atoms with E-state index in [0.29, 0.717) is 5.41 Å². The molecule has 1 aliphatic carbocycles. The number of likely N-dealkylation sites (tertiary alicyclic amines) is 1. The van der Waals surface area contributed by atoms with Crippen molar-refractivity contribution in [3.05, 3.63) is 77.4 Å². The molecular formula is C33H37F3N8O. The van der Waals surface area contributed by atoms with Gasteiger partial charge >= 0.3 is 0 Å². The van der Waals surface area contributed by atoms with Crippen LogP contribution in [0.5, 0.6) is 0 Å². The van der Waals surface area contributed by atoms with Gasteiger partial charge in [-0.25, -0.2) is 32.5 Å². The lowest BCUT2D eigenvalue weighted by atomic mass is 9.71. The van der Waals surface area contributed by atoms with Gasteiger partial charge in [0.15, 0.2) is 17.1 Å². The first-order valence-corrected chi connectivity index (χ1v) is 15.5. The number of rotatable bonds is 7. The monoisotopic (exact) mass is 618 g/mol. The smallest absolute Gasteiger partial charge is 0.278 e. The van der Waals surface area contributed by atoms with E-state index in [-0.39, 0.29) is 40.6 Å². The molecule has 1 spiro atoms. The van der Waals surface area contributed by atoms with Crippen LogP contribution in [0.25, 0.3) is 16.9 Å². The Kier molecular flexibility index (Phi) is 7.22. The number of alkyl halides is 3. The van der Waals surface area contributed by atoms with E-state index in [1.165, 1.54) is 66.1 Å². The highest BCUT2D eigenvalue weighted by Crippen LogP contribution is 2.54. The predicted octanol–water partition coefficient (Wildman–Crippen LogP) is 5.81. The van der Waals surface area contributed by atoms with Gasteiger partial charge in [0.05, 0.1) is 25.1 Å². The third-order valence-electron chi connectivity index (χ3n) is 9.83. The van der Waals surface area contributed by atoms with E-state index in [2.05, 4.69) is 55.8 Å². The molecule has 3 aliphatic rings. The molecule has 0 atom stereocenters. The lowest BCUT2D eigenvalue weighted by Gasteiger charge is -2.46. The lowest BCUT2D eigenvalue weighted by molar-refractivity contribution is -0.176. The standard InChI is InChI=1S/C33H37F3N8O/c1-3-15-43-29(45)25-20-37-30(40-28(25)44(43)27-6-4-5-26(39-27)32(34)21-33(35,36)22-32)38-23-7-9-24(10-8-23)42-18-13-31(14-19-42)11-16-41(2)17-12-31/h3-10,20H,1,11-19,21-22H2,2H3,(H,37,38,40). The number of nitrogens with one attached hydrogen (secondary N) is 1. The maximum atomic E-state index is 15.3. The van der Waals surface area contributed by atoms with Crippen molar-refractivity contribution in [1.29, 1.82) is 0 Å². The molecule has 0 amide bonds. The summed E-state index contributed by atoms with van der Waals surface area (Å²) < 4.78 is 45.3. The molecule has 1 N–H and O–H groups in total. The zero-order valence-corrected chi connectivity index (χ0v) is 25.4. The van der Waals surface area contributed by atoms with E-state index < -0.39 is 24.4 Å². The summed E-state index contributed by atoms with van der Waals surface area (Å²) in [6.45, 7) is 8.35. The van der Waals surface area contributed by atoms with Crippen LogP contribution in [-0.4, -0.2) is 68.4 Å². The Balaban J connectivity index is 1.13. The van der Waals surface area contributed by atoms with Gasteiger partial charge in [0.25, 0.3) is 11.5 Å². The number of piperidine rings is 2. The van der Waals surface area contributed by atoms with Gasteiger partial charge < -0.3 is 15.1 Å². The number of benzene rings is 1. The van der Waals surface area contributed by atoms with Crippen LogP contribution in [0.4, 0.5) is 30.5 Å². The van der Waals surface area contributed by atoms with Gasteiger partial charge in [-0.15, -0.1) is 6.58 Å². The molecule has 12 heteroatoms. The Bertz CT molecular complexity index is 1770. The first-order valence-electron chi connectivity index (χ1n) is 15.5. The van der Waals surface area contributed by atoms with Crippen LogP contribution < -0.4 is 15.8 Å². The van der Waals surface area contributed by atoms with Gasteiger partial charge in [-0.2, -0.15) is 4.98 Å². The summed E-state index contributed by atoms with van der Waals surface area (Å²) >= 11 is 0. The van der Waals surface area contributed by atoms with E-state index in [9.17, 15) is 13.6 Å². The molecule has 1 aromatic carbocycles. The normalized spacial score (nSPS) is 20.7. The van der Waals surface area contributed by atoms with Crippen molar-refractivity contribution in [2.45, 2.75) is 56.7 Å². The van der Waals surface area contributed by atoms with Crippen molar-refractivity contribution in [2.75, 3.05) is 43.4 Å². The first-order chi connectivity index (χ1) is 21.6. The summed E-state index contributed by atoms with van der Waals surface area (Å²) in [4.78, 5) is 31.6. The highest BCUT2D eigenvalue weighted by atomic mass is 19.3. The number of anilines is 3. The van der Waals surface area contributed by atoms with Crippen LogP contribution in [0.1, 0.15) is 44.2 Å². The minimum absolute atomic E-state index is 0.104. The van der Waals surface area contributed by atoms with Crippen LogP contribution in [0, 0.1) is 5.41 Å². The molecule has 3 fully saturated rings. The first kappa shape index (κ1) is 29.5. The number of halogens is 3. The molecule has 1 saturated carbocycles. The van der Waals surface area contributed by atoms with E-state index in [0.717, 1.165) is 18.8 Å². The predicted molar refractivity (Wildman–Crippen MR) is 168 cm³/mol. The largest absolute Gasteiger partial charge is 0.371 e. The molecule has 4 aromatic rings. The second kappa shape index (κ2) is 11.0. The summed E-state index contributed by atoms with van der Waals surface area (Å²) in [6, 6.07) is 12.7. The van der Waals surface area contributed by atoms with Crippen molar-refractivity contribution in [3.63, 3.8) is 0 Å². The molecule has 0 bridgehead atoms. The van der Waals surface area contributed by atoms with E-state index >= 15 is 4.39 Å². The van der Waals surface area contributed by atoms with E-state index in [1.807, 2.05) is 12.1 Å². The minimum Gasteiger partial charge on any atom is -0.371 e. The molecule has 7 rings (SSSR count). The van der Waals surface area contributed by atoms with Crippen molar-refractivity contribution < 1.29 is 13.2 Å². The summed E-state index contributed by atoms with van der Waals surface area (Å²) in [6.07, 6.45) is 6.15. The molecule has 2 saturated heterocycles.